The molecule has 0 radical (unpaired) electrons. The van der Waals surface area contributed by atoms with Gasteiger partial charge in [0.2, 0.25) is 0 Å². The molecule has 1 aliphatic rings. The predicted molar refractivity (Wildman–Crippen MR) is 67.2 cm³/mol. The van der Waals surface area contributed by atoms with E-state index in [-0.39, 0.29) is 0 Å². The quantitative estimate of drug-likeness (QED) is 0.883. The summed E-state index contributed by atoms with van der Waals surface area (Å²) in [6.07, 6.45) is 1.14. The molecule has 0 amide bonds. The molecular formula is C13H17ClO3. The molecule has 0 heterocycles. The fraction of sp³-hybridized carbons (Fsp3) is 0.538. The van der Waals surface area contributed by atoms with Gasteiger partial charge in [-0.2, -0.15) is 0 Å². The summed E-state index contributed by atoms with van der Waals surface area (Å²) in [5.74, 6) is 1.51. The molecule has 0 fully saturated rings. The lowest BCUT2D eigenvalue weighted by atomic mass is 9.81. The van der Waals surface area contributed by atoms with E-state index in [1.54, 1.807) is 20.3 Å². The lowest BCUT2D eigenvalue weighted by molar-refractivity contribution is 0.146. The first-order valence-electron chi connectivity index (χ1n) is 5.72. The lowest BCUT2D eigenvalue weighted by Crippen LogP contribution is -2.15. The number of halogens is 1. The molecule has 0 aliphatic heterocycles. The highest BCUT2D eigenvalue weighted by Crippen LogP contribution is 2.49. The maximum absolute atomic E-state index is 10.1. The summed E-state index contributed by atoms with van der Waals surface area (Å²) in [4.78, 5) is 0. The van der Waals surface area contributed by atoms with Gasteiger partial charge in [-0.15, -0.1) is 0 Å². The van der Waals surface area contributed by atoms with Gasteiger partial charge in [0.05, 0.1) is 20.3 Å². The third-order valence-corrected chi connectivity index (χ3v) is 3.71. The monoisotopic (exact) mass is 256 g/mol. The van der Waals surface area contributed by atoms with Crippen molar-refractivity contribution in [3.05, 3.63) is 22.2 Å². The van der Waals surface area contributed by atoms with E-state index in [4.69, 9.17) is 21.1 Å². The van der Waals surface area contributed by atoms with Crippen LogP contribution in [0.3, 0.4) is 0 Å². The molecule has 94 valence electrons. The van der Waals surface area contributed by atoms with Crippen LogP contribution in [0.15, 0.2) is 6.07 Å². The van der Waals surface area contributed by atoms with Crippen LogP contribution < -0.4 is 9.47 Å². The van der Waals surface area contributed by atoms with Crippen LogP contribution in [-0.4, -0.2) is 19.3 Å². The Morgan fingerprint density at radius 3 is 2.53 bits per heavy atom. The molecule has 1 N–H and O–H groups in total. The Hall–Kier alpha value is -0.930. The van der Waals surface area contributed by atoms with Crippen molar-refractivity contribution in [1.29, 1.82) is 0 Å². The molecule has 2 atom stereocenters. The summed E-state index contributed by atoms with van der Waals surface area (Å²) < 4.78 is 10.6. The van der Waals surface area contributed by atoms with Crippen molar-refractivity contribution in [3.8, 4) is 11.5 Å². The van der Waals surface area contributed by atoms with E-state index < -0.39 is 6.10 Å². The van der Waals surface area contributed by atoms with E-state index >= 15 is 0 Å². The first-order valence-corrected chi connectivity index (χ1v) is 6.10. The van der Waals surface area contributed by atoms with Gasteiger partial charge in [-0.05, 0) is 24.3 Å². The Bertz CT molecular complexity index is 431. The molecule has 0 saturated heterocycles. The Balaban J connectivity index is 2.70. The molecular weight excluding hydrogens is 240 g/mol. The Labute approximate surface area is 106 Å². The van der Waals surface area contributed by atoms with Crippen LogP contribution >= 0.6 is 11.6 Å². The third-order valence-electron chi connectivity index (χ3n) is 3.40. The number of aliphatic hydroxyl groups is 1. The minimum Gasteiger partial charge on any atom is -0.493 e. The largest absolute Gasteiger partial charge is 0.493 e. The number of benzene rings is 1. The maximum Gasteiger partial charge on any atom is 0.166 e. The molecule has 4 heteroatoms. The van der Waals surface area contributed by atoms with Gasteiger partial charge in [0.25, 0.3) is 0 Å². The molecule has 0 saturated carbocycles. The van der Waals surface area contributed by atoms with Gasteiger partial charge in [-0.25, -0.2) is 0 Å². The number of rotatable bonds is 2. The normalized spacial score (nSPS) is 23.1. The topological polar surface area (TPSA) is 38.7 Å². The summed E-state index contributed by atoms with van der Waals surface area (Å²) in [5.41, 5.74) is 1.78. The van der Waals surface area contributed by atoms with Crippen LogP contribution in [0.1, 0.15) is 42.9 Å². The molecule has 1 unspecified atom stereocenters. The summed E-state index contributed by atoms with van der Waals surface area (Å²) in [5, 5.41) is 10.8. The van der Waals surface area contributed by atoms with Crippen LogP contribution in [-0.2, 0) is 0 Å². The zero-order valence-corrected chi connectivity index (χ0v) is 11.0. The standard InChI is InChI=1S/C13H17ClO3/c1-7-4-5-9(15)12-11(7)8(14)6-10(16-2)13(12)17-3/h6-7,9,15H,4-5H2,1-3H3/t7?,9-/m0/s1. The number of ether oxygens (including phenoxy) is 2. The summed E-state index contributed by atoms with van der Waals surface area (Å²) >= 11 is 6.27. The fourth-order valence-corrected chi connectivity index (χ4v) is 2.92. The SMILES string of the molecule is COc1cc(Cl)c2c(c1OC)[C@@H](O)CCC2C. The number of hydrogen-bond donors (Lipinski definition) is 1. The van der Waals surface area contributed by atoms with E-state index in [0.29, 0.717) is 22.4 Å². The van der Waals surface area contributed by atoms with E-state index in [1.807, 2.05) is 0 Å². The maximum atomic E-state index is 10.1. The van der Waals surface area contributed by atoms with Crippen molar-refractivity contribution in [2.75, 3.05) is 14.2 Å². The average Bonchev–Trinajstić information content (AvgIpc) is 2.32. The van der Waals surface area contributed by atoms with Crippen molar-refractivity contribution in [2.45, 2.75) is 31.8 Å². The van der Waals surface area contributed by atoms with E-state index in [2.05, 4.69) is 6.92 Å². The molecule has 2 rings (SSSR count). The van der Waals surface area contributed by atoms with Crippen molar-refractivity contribution < 1.29 is 14.6 Å². The van der Waals surface area contributed by atoms with Gasteiger partial charge < -0.3 is 14.6 Å². The molecule has 1 aromatic rings. The first kappa shape index (κ1) is 12.5. The van der Waals surface area contributed by atoms with Gasteiger partial charge in [-0.3, -0.25) is 0 Å². The minimum atomic E-state index is -0.524. The van der Waals surface area contributed by atoms with E-state index in [9.17, 15) is 5.11 Å². The van der Waals surface area contributed by atoms with Crippen LogP contribution in [0.5, 0.6) is 11.5 Å². The highest BCUT2D eigenvalue weighted by atomic mass is 35.5. The Kier molecular flexibility index (Phi) is 3.50. The van der Waals surface area contributed by atoms with Gasteiger partial charge >= 0.3 is 0 Å². The highest BCUT2D eigenvalue weighted by molar-refractivity contribution is 6.31. The van der Waals surface area contributed by atoms with Crippen molar-refractivity contribution in [3.63, 3.8) is 0 Å². The first-order chi connectivity index (χ1) is 8.10. The van der Waals surface area contributed by atoms with Gasteiger partial charge in [0.15, 0.2) is 11.5 Å². The van der Waals surface area contributed by atoms with Gasteiger partial charge in [-0.1, -0.05) is 18.5 Å². The lowest BCUT2D eigenvalue weighted by Gasteiger charge is -2.30. The van der Waals surface area contributed by atoms with Crippen molar-refractivity contribution >= 4 is 11.6 Å². The number of methoxy groups -OCH3 is 2. The third kappa shape index (κ3) is 1.98. The van der Waals surface area contributed by atoms with Gasteiger partial charge in [0, 0.05) is 16.7 Å². The van der Waals surface area contributed by atoms with Crippen LogP contribution in [0.25, 0.3) is 0 Å². The fourth-order valence-electron chi connectivity index (χ4n) is 2.53. The van der Waals surface area contributed by atoms with E-state index in [1.165, 1.54) is 0 Å². The predicted octanol–water partition coefficient (Wildman–Crippen LogP) is 3.29. The van der Waals surface area contributed by atoms with Crippen molar-refractivity contribution in [2.24, 2.45) is 0 Å². The van der Waals surface area contributed by atoms with E-state index in [0.717, 1.165) is 24.0 Å². The van der Waals surface area contributed by atoms with Crippen LogP contribution in [0, 0.1) is 0 Å². The molecule has 0 bridgehead atoms. The zero-order chi connectivity index (χ0) is 12.6. The molecule has 0 spiro atoms. The summed E-state index contributed by atoms with van der Waals surface area (Å²) in [6, 6.07) is 1.76. The second kappa shape index (κ2) is 4.75. The summed E-state index contributed by atoms with van der Waals surface area (Å²) in [6.45, 7) is 2.11. The second-order valence-electron chi connectivity index (χ2n) is 4.42. The smallest absolute Gasteiger partial charge is 0.166 e. The number of aliphatic hydroxyl groups excluding tert-OH is 1. The zero-order valence-electron chi connectivity index (χ0n) is 10.3. The average molecular weight is 257 g/mol. The molecule has 1 aromatic carbocycles. The molecule has 0 aromatic heterocycles. The van der Waals surface area contributed by atoms with Crippen LogP contribution in [0.2, 0.25) is 5.02 Å². The molecule has 3 nitrogen and oxygen atoms in total. The highest BCUT2D eigenvalue weighted by Gasteiger charge is 2.31. The minimum absolute atomic E-state index is 0.334. The molecule has 1 aliphatic carbocycles. The van der Waals surface area contributed by atoms with Crippen molar-refractivity contribution in [1.82, 2.24) is 0 Å². The Morgan fingerprint density at radius 1 is 1.24 bits per heavy atom. The Morgan fingerprint density at radius 2 is 1.94 bits per heavy atom. The van der Waals surface area contributed by atoms with Crippen LogP contribution in [0.4, 0.5) is 0 Å². The molecule has 17 heavy (non-hydrogen) atoms. The number of fused-ring (bicyclic) bond motifs is 1. The second-order valence-corrected chi connectivity index (χ2v) is 4.82. The summed E-state index contributed by atoms with van der Waals surface area (Å²) in [7, 11) is 3.15. The van der Waals surface area contributed by atoms with Gasteiger partial charge in [0.1, 0.15) is 0 Å². The number of hydrogen-bond acceptors (Lipinski definition) is 3.